The van der Waals surface area contributed by atoms with E-state index in [1.165, 1.54) is 64.7 Å². The summed E-state index contributed by atoms with van der Waals surface area (Å²) in [7, 11) is 0. The highest BCUT2D eigenvalue weighted by molar-refractivity contribution is 4.86. The number of hydrogen-bond acceptors (Lipinski definition) is 2. The summed E-state index contributed by atoms with van der Waals surface area (Å²) >= 11 is 0. The van der Waals surface area contributed by atoms with Crippen LogP contribution in [0.2, 0.25) is 0 Å². The van der Waals surface area contributed by atoms with Crippen LogP contribution in [0.3, 0.4) is 0 Å². The second kappa shape index (κ2) is 6.38. The third-order valence-corrected chi connectivity index (χ3v) is 4.95. The van der Waals surface area contributed by atoms with Gasteiger partial charge in [0.1, 0.15) is 0 Å². The van der Waals surface area contributed by atoms with Crippen LogP contribution in [-0.2, 0) is 0 Å². The van der Waals surface area contributed by atoms with Crippen molar-refractivity contribution in [1.29, 1.82) is 0 Å². The van der Waals surface area contributed by atoms with Crippen molar-refractivity contribution in [2.45, 2.75) is 65.3 Å². The zero-order chi connectivity index (χ0) is 13.0. The Hall–Kier alpha value is -0.0800. The van der Waals surface area contributed by atoms with Crippen molar-refractivity contribution in [1.82, 2.24) is 10.2 Å². The molecule has 0 spiro atoms. The quantitative estimate of drug-likeness (QED) is 0.755. The normalized spacial score (nSPS) is 32.8. The lowest BCUT2D eigenvalue weighted by atomic mass is 9.70. The highest BCUT2D eigenvalue weighted by atomic mass is 15.1. The molecule has 106 valence electrons. The molecule has 0 bridgehead atoms. The fourth-order valence-electron chi connectivity index (χ4n) is 3.85. The molecule has 2 atom stereocenters. The molecule has 2 heteroatoms. The van der Waals surface area contributed by atoms with Gasteiger partial charge >= 0.3 is 0 Å². The molecule has 2 unspecified atom stereocenters. The van der Waals surface area contributed by atoms with Crippen LogP contribution in [0.25, 0.3) is 0 Å². The zero-order valence-corrected chi connectivity index (χ0v) is 12.7. The van der Waals surface area contributed by atoms with Gasteiger partial charge in [0.15, 0.2) is 0 Å². The van der Waals surface area contributed by atoms with Gasteiger partial charge in [-0.05, 0) is 76.0 Å². The molecule has 2 nitrogen and oxygen atoms in total. The van der Waals surface area contributed by atoms with Crippen LogP contribution in [0.1, 0.15) is 59.3 Å². The number of nitrogens with one attached hydrogen (secondary N) is 1. The van der Waals surface area contributed by atoms with Crippen molar-refractivity contribution in [3.05, 3.63) is 0 Å². The Morgan fingerprint density at radius 2 is 1.94 bits per heavy atom. The predicted molar refractivity (Wildman–Crippen MR) is 78.9 cm³/mol. The minimum absolute atomic E-state index is 0.577. The van der Waals surface area contributed by atoms with Gasteiger partial charge in [0.05, 0.1) is 0 Å². The van der Waals surface area contributed by atoms with E-state index in [1.54, 1.807) is 0 Å². The van der Waals surface area contributed by atoms with E-state index in [4.69, 9.17) is 0 Å². The molecule has 0 radical (unpaired) electrons. The molecule has 0 aromatic heterocycles. The molecule has 2 aliphatic rings. The van der Waals surface area contributed by atoms with Gasteiger partial charge in [-0.15, -0.1) is 0 Å². The maximum absolute atomic E-state index is 3.81. The Morgan fingerprint density at radius 3 is 2.61 bits per heavy atom. The van der Waals surface area contributed by atoms with Crippen molar-refractivity contribution in [3.8, 4) is 0 Å². The van der Waals surface area contributed by atoms with Crippen LogP contribution >= 0.6 is 0 Å². The Morgan fingerprint density at radius 1 is 1.22 bits per heavy atom. The third kappa shape index (κ3) is 4.24. The van der Waals surface area contributed by atoms with E-state index >= 15 is 0 Å². The standard InChI is InChI=1S/C16H32N2/c1-14-13-16(2,3)8-7-15(14)17-9-6-12-18-10-4-5-11-18/h14-15,17H,4-13H2,1-3H3. The molecule has 1 aliphatic carbocycles. The van der Waals surface area contributed by atoms with Crippen LogP contribution < -0.4 is 5.32 Å². The summed E-state index contributed by atoms with van der Waals surface area (Å²) in [5.74, 6) is 0.848. The van der Waals surface area contributed by atoms with Crippen LogP contribution in [0, 0.1) is 11.3 Å². The largest absolute Gasteiger partial charge is 0.314 e. The van der Waals surface area contributed by atoms with Crippen molar-refractivity contribution >= 4 is 0 Å². The maximum Gasteiger partial charge on any atom is 0.00931 e. The molecule has 18 heavy (non-hydrogen) atoms. The van der Waals surface area contributed by atoms with E-state index in [0.29, 0.717) is 5.41 Å². The van der Waals surface area contributed by atoms with E-state index in [0.717, 1.165) is 12.0 Å². The summed E-state index contributed by atoms with van der Waals surface area (Å²) < 4.78 is 0. The van der Waals surface area contributed by atoms with Crippen molar-refractivity contribution in [3.63, 3.8) is 0 Å². The maximum atomic E-state index is 3.81. The van der Waals surface area contributed by atoms with Crippen LogP contribution in [-0.4, -0.2) is 37.1 Å². The Labute approximate surface area is 114 Å². The highest BCUT2D eigenvalue weighted by Gasteiger charge is 2.31. The molecule has 0 aromatic rings. The van der Waals surface area contributed by atoms with Gasteiger partial charge in [0.25, 0.3) is 0 Å². The molecular formula is C16H32N2. The molecule has 0 aromatic carbocycles. The second-order valence-corrected chi connectivity index (χ2v) is 7.35. The Bertz CT molecular complexity index is 243. The van der Waals surface area contributed by atoms with E-state index in [2.05, 4.69) is 31.0 Å². The third-order valence-electron chi connectivity index (χ3n) is 4.95. The molecule has 2 fully saturated rings. The smallest absolute Gasteiger partial charge is 0.00931 e. The highest BCUT2D eigenvalue weighted by Crippen LogP contribution is 2.38. The van der Waals surface area contributed by atoms with Gasteiger partial charge in [-0.3, -0.25) is 0 Å². The van der Waals surface area contributed by atoms with Gasteiger partial charge in [-0.1, -0.05) is 20.8 Å². The van der Waals surface area contributed by atoms with Crippen LogP contribution in [0.4, 0.5) is 0 Å². The van der Waals surface area contributed by atoms with E-state index in [1.807, 2.05) is 0 Å². The number of rotatable bonds is 5. The zero-order valence-electron chi connectivity index (χ0n) is 12.7. The molecule has 1 N–H and O–H groups in total. The number of nitrogens with zero attached hydrogens (tertiary/aromatic N) is 1. The molecule has 1 aliphatic heterocycles. The average molecular weight is 252 g/mol. The summed E-state index contributed by atoms with van der Waals surface area (Å²) in [5.41, 5.74) is 0.577. The van der Waals surface area contributed by atoms with Gasteiger partial charge in [-0.25, -0.2) is 0 Å². The molecule has 2 rings (SSSR count). The molecule has 1 saturated carbocycles. The van der Waals surface area contributed by atoms with Gasteiger partial charge in [0.2, 0.25) is 0 Å². The van der Waals surface area contributed by atoms with Crippen molar-refractivity contribution in [2.75, 3.05) is 26.2 Å². The monoisotopic (exact) mass is 252 g/mol. The topological polar surface area (TPSA) is 15.3 Å². The lowest BCUT2D eigenvalue weighted by Crippen LogP contribution is -2.42. The first-order valence-electron chi connectivity index (χ1n) is 8.03. The lowest BCUT2D eigenvalue weighted by Gasteiger charge is -2.39. The first-order chi connectivity index (χ1) is 8.57. The number of likely N-dealkylation sites (tertiary alicyclic amines) is 1. The predicted octanol–water partition coefficient (Wildman–Crippen LogP) is 3.28. The fourth-order valence-corrected chi connectivity index (χ4v) is 3.85. The van der Waals surface area contributed by atoms with Crippen LogP contribution in [0.5, 0.6) is 0 Å². The van der Waals surface area contributed by atoms with E-state index < -0.39 is 0 Å². The second-order valence-electron chi connectivity index (χ2n) is 7.35. The van der Waals surface area contributed by atoms with Crippen molar-refractivity contribution < 1.29 is 0 Å². The summed E-state index contributed by atoms with van der Waals surface area (Å²) in [5, 5.41) is 3.81. The van der Waals surface area contributed by atoms with Gasteiger partial charge in [-0.2, -0.15) is 0 Å². The molecule has 0 amide bonds. The van der Waals surface area contributed by atoms with Gasteiger partial charge < -0.3 is 10.2 Å². The molecular weight excluding hydrogens is 220 g/mol. The summed E-state index contributed by atoms with van der Waals surface area (Å²) in [6, 6.07) is 0.775. The van der Waals surface area contributed by atoms with Crippen LogP contribution in [0.15, 0.2) is 0 Å². The van der Waals surface area contributed by atoms with Crippen molar-refractivity contribution in [2.24, 2.45) is 11.3 Å². The fraction of sp³-hybridized carbons (Fsp3) is 1.00. The molecule has 1 saturated heterocycles. The van der Waals surface area contributed by atoms with E-state index in [-0.39, 0.29) is 0 Å². The molecule has 1 heterocycles. The Balaban J connectivity index is 1.59. The first-order valence-corrected chi connectivity index (χ1v) is 8.03. The van der Waals surface area contributed by atoms with Gasteiger partial charge in [0, 0.05) is 6.04 Å². The minimum Gasteiger partial charge on any atom is -0.314 e. The SMILES string of the molecule is CC1CC(C)(C)CCC1NCCCN1CCCC1. The lowest BCUT2D eigenvalue weighted by molar-refractivity contribution is 0.148. The first kappa shape index (κ1) is 14.3. The Kier molecular flexibility index (Phi) is 5.08. The summed E-state index contributed by atoms with van der Waals surface area (Å²) in [6.45, 7) is 12.5. The van der Waals surface area contributed by atoms with E-state index in [9.17, 15) is 0 Å². The number of hydrogen-bond donors (Lipinski definition) is 1. The summed E-state index contributed by atoms with van der Waals surface area (Å²) in [6.07, 6.45) is 8.31. The average Bonchev–Trinajstić information content (AvgIpc) is 2.78. The summed E-state index contributed by atoms with van der Waals surface area (Å²) in [4.78, 5) is 2.62. The minimum atomic E-state index is 0.577.